The second-order valence-corrected chi connectivity index (χ2v) is 5.52. The second kappa shape index (κ2) is 5.48. The predicted molar refractivity (Wildman–Crippen MR) is 62.2 cm³/mol. The van der Waals surface area contributed by atoms with Crippen molar-refractivity contribution in [2.75, 3.05) is 13.1 Å². The molecule has 14 heavy (non-hydrogen) atoms. The van der Waals surface area contributed by atoms with E-state index >= 15 is 0 Å². The van der Waals surface area contributed by atoms with Gasteiger partial charge in [0, 0.05) is 11.4 Å². The van der Waals surface area contributed by atoms with Gasteiger partial charge in [0.2, 0.25) is 5.91 Å². The number of nitrogens with zero attached hydrogens (tertiary/aromatic N) is 1. The van der Waals surface area contributed by atoms with Gasteiger partial charge in [-0.2, -0.15) is 0 Å². The van der Waals surface area contributed by atoms with Crippen LogP contribution < -0.4 is 5.73 Å². The summed E-state index contributed by atoms with van der Waals surface area (Å²) in [6.45, 7) is 3.96. The van der Waals surface area contributed by atoms with E-state index in [0.29, 0.717) is 6.54 Å². The summed E-state index contributed by atoms with van der Waals surface area (Å²) >= 11 is 5.08. The van der Waals surface area contributed by atoms with Gasteiger partial charge in [0.1, 0.15) is 0 Å². The number of amides is 1. The molecule has 0 radical (unpaired) electrons. The van der Waals surface area contributed by atoms with Gasteiger partial charge in [-0.1, -0.05) is 6.92 Å². The van der Waals surface area contributed by atoms with Gasteiger partial charge in [-0.05, 0) is 34.6 Å². The molecular formula is C9H13BrN2OS. The minimum Gasteiger partial charge on any atom is -0.369 e. The SMILES string of the molecule is CCN(CC(N)=O)Cc1ccc(Br)s1. The Morgan fingerprint density at radius 2 is 2.36 bits per heavy atom. The average Bonchev–Trinajstić information content (AvgIpc) is 2.49. The van der Waals surface area contributed by atoms with Gasteiger partial charge >= 0.3 is 0 Å². The van der Waals surface area contributed by atoms with Crippen molar-refractivity contribution in [1.82, 2.24) is 4.90 Å². The average molecular weight is 277 g/mol. The van der Waals surface area contributed by atoms with E-state index in [1.54, 1.807) is 11.3 Å². The third-order valence-electron chi connectivity index (χ3n) is 1.83. The van der Waals surface area contributed by atoms with Crippen LogP contribution in [0.25, 0.3) is 0 Å². The van der Waals surface area contributed by atoms with Gasteiger partial charge in [-0.15, -0.1) is 11.3 Å². The number of halogens is 1. The molecule has 1 aromatic heterocycles. The third kappa shape index (κ3) is 3.77. The first kappa shape index (κ1) is 11.7. The van der Waals surface area contributed by atoms with E-state index in [0.717, 1.165) is 16.9 Å². The van der Waals surface area contributed by atoms with Crippen molar-refractivity contribution in [2.45, 2.75) is 13.5 Å². The molecule has 0 aliphatic rings. The van der Waals surface area contributed by atoms with Crippen molar-refractivity contribution in [3.8, 4) is 0 Å². The van der Waals surface area contributed by atoms with Crippen LogP contribution in [0, 0.1) is 0 Å². The molecule has 0 aliphatic carbocycles. The lowest BCUT2D eigenvalue weighted by molar-refractivity contribution is -0.119. The Labute approximate surface area is 96.0 Å². The van der Waals surface area contributed by atoms with Crippen LogP contribution in [0.4, 0.5) is 0 Å². The normalized spacial score (nSPS) is 10.8. The van der Waals surface area contributed by atoms with Crippen LogP contribution in [0.5, 0.6) is 0 Å². The Morgan fingerprint density at radius 3 is 2.79 bits per heavy atom. The zero-order chi connectivity index (χ0) is 10.6. The highest BCUT2D eigenvalue weighted by Crippen LogP contribution is 2.23. The van der Waals surface area contributed by atoms with Crippen LogP contribution in [-0.2, 0) is 11.3 Å². The fourth-order valence-electron chi connectivity index (χ4n) is 1.16. The van der Waals surface area contributed by atoms with Crippen molar-refractivity contribution < 1.29 is 4.79 Å². The minimum absolute atomic E-state index is 0.275. The summed E-state index contributed by atoms with van der Waals surface area (Å²) in [6.07, 6.45) is 0. The molecule has 0 aromatic carbocycles. The van der Waals surface area contributed by atoms with E-state index in [9.17, 15) is 4.79 Å². The highest BCUT2D eigenvalue weighted by Gasteiger charge is 2.07. The highest BCUT2D eigenvalue weighted by molar-refractivity contribution is 9.11. The Hall–Kier alpha value is -0.390. The van der Waals surface area contributed by atoms with E-state index in [1.165, 1.54) is 4.88 Å². The molecule has 2 N–H and O–H groups in total. The highest BCUT2D eigenvalue weighted by atomic mass is 79.9. The zero-order valence-electron chi connectivity index (χ0n) is 8.00. The Kier molecular flexibility index (Phi) is 4.57. The maximum absolute atomic E-state index is 10.7. The lowest BCUT2D eigenvalue weighted by Crippen LogP contribution is -2.32. The maximum atomic E-state index is 10.7. The summed E-state index contributed by atoms with van der Waals surface area (Å²) < 4.78 is 1.11. The second-order valence-electron chi connectivity index (χ2n) is 2.98. The van der Waals surface area contributed by atoms with E-state index in [-0.39, 0.29) is 5.91 Å². The Bertz CT molecular complexity index is 314. The monoisotopic (exact) mass is 276 g/mol. The van der Waals surface area contributed by atoms with Crippen molar-refractivity contribution in [2.24, 2.45) is 5.73 Å². The van der Waals surface area contributed by atoms with Crippen LogP contribution in [0.15, 0.2) is 15.9 Å². The first-order chi connectivity index (χ1) is 6.61. The Balaban J connectivity index is 2.52. The van der Waals surface area contributed by atoms with Crippen LogP contribution in [0.2, 0.25) is 0 Å². The van der Waals surface area contributed by atoms with Crippen LogP contribution >= 0.6 is 27.3 Å². The maximum Gasteiger partial charge on any atom is 0.231 e. The van der Waals surface area contributed by atoms with E-state index in [2.05, 4.69) is 22.0 Å². The smallest absolute Gasteiger partial charge is 0.231 e. The molecule has 0 saturated heterocycles. The molecule has 0 spiro atoms. The summed E-state index contributed by atoms with van der Waals surface area (Å²) in [5.41, 5.74) is 5.14. The predicted octanol–water partition coefficient (Wildman–Crippen LogP) is 1.82. The number of likely N-dealkylation sites (N-methyl/N-ethyl adjacent to an activating group) is 1. The number of hydrogen-bond donors (Lipinski definition) is 1. The molecule has 0 fully saturated rings. The van der Waals surface area contributed by atoms with Crippen molar-refractivity contribution in [3.05, 3.63) is 20.8 Å². The van der Waals surface area contributed by atoms with Gasteiger partial charge in [-0.25, -0.2) is 0 Å². The van der Waals surface area contributed by atoms with E-state index < -0.39 is 0 Å². The molecule has 0 bridgehead atoms. The Morgan fingerprint density at radius 1 is 1.64 bits per heavy atom. The van der Waals surface area contributed by atoms with E-state index in [4.69, 9.17) is 5.73 Å². The van der Waals surface area contributed by atoms with Crippen LogP contribution in [0.1, 0.15) is 11.8 Å². The topological polar surface area (TPSA) is 46.3 Å². The quantitative estimate of drug-likeness (QED) is 0.892. The minimum atomic E-state index is -0.275. The van der Waals surface area contributed by atoms with Crippen molar-refractivity contribution in [1.29, 1.82) is 0 Å². The van der Waals surface area contributed by atoms with Crippen molar-refractivity contribution >= 4 is 33.2 Å². The summed E-state index contributed by atoms with van der Waals surface area (Å²) in [5, 5.41) is 0. The standard InChI is InChI=1S/C9H13BrN2OS/c1-2-12(6-9(11)13)5-7-3-4-8(10)14-7/h3-4H,2,5-6H2,1H3,(H2,11,13). The largest absolute Gasteiger partial charge is 0.369 e. The fraction of sp³-hybridized carbons (Fsp3) is 0.444. The molecule has 3 nitrogen and oxygen atoms in total. The summed E-state index contributed by atoms with van der Waals surface area (Å²) in [6, 6.07) is 4.07. The van der Waals surface area contributed by atoms with Crippen molar-refractivity contribution in [3.63, 3.8) is 0 Å². The summed E-state index contributed by atoms with van der Waals surface area (Å²) in [5.74, 6) is -0.275. The number of carbonyl (C=O) groups excluding carboxylic acids is 1. The molecule has 1 heterocycles. The van der Waals surface area contributed by atoms with Gasteiger partial charge in [0.25, 0.3) is 0 Å². The number of nitrogens with two attached hydrogens (primary N) is 1. The number of rotatable bonds is 5. The lowest BCUT2D eigenvalue weighted by Gasteiger charge is -2.16. The third-order valence-corrected chi connectivity index (χ3v) is 3.44. The molecule has 1 rings (SSSR count). The first-order valence-corrected chi connectivity index (χ1v) is 5.97. The van der Waals surface area contributed by atoms with Crippen LogP contribution in [-0.4, -0.2) is 23.9 Å². The zero-order valence-corrected chi connectivity index (χ0v) is 10.4. The molecule has 5 heteroatoms. The molecule has 0 aliphatic heterocycles. The number of primary amides is 1. The van der Waals surface area contributed by atoms with E-state index in [1.807, 2.05) is 17.9 Å². The molecule has 0 atom stereocenters. The van der Waals surface area contributed by atoms with Gasteiger partial charge in [0.05, 0.1) is 10.3 Å². The molecule has 78 valence electrons. The molecule has 1 amide bonds. The lowest BCUT2D eigenvalue weighted by atomic mass is 10.4. The number of carbonyl (C=O) groups is 1. The van der Waals surface area contributed by atoms with Crippen LogP contribution in [0.3, 0.4) is 0 Å². The molecule has 0 saturated carbocycles. The number of thiophene rings is 1. The molecule has 1 aromatic rings. The molecular weight excluding hydrogens is 264 g/mol. The van der Waals surface area contributed by atoms with Gasteiger partial charge < -0.3 is 5.73 Å². The number of hydrogen-bond acceptors (Lipinski definition) is 3. The summed E-state index contributed by atoms with van der Waals surface area (Å²) in [7, 11) is 0. The summed E-state index contributed by atoms with van der Waals surface area (Å²) in [4.78, 5) is 14.0. The first-order valence-electron chi connectivity index (χ1n) is 4.36. The fourth-order valence-corrected chi connectivity index (χ4v) is 2.68. The van der Waals surface area contributed by atoms with Gasteiger partial charge in [0.15, 0.2) is 0 Å². The molecule has 0 unspecified atom stereocenters. The van der Waals surface area contributed by atoms with Gasteiger partial charge in [-0.3, -0.25) is 9.69 Å².